The molecule has 0 unspecified atom stereocenters. The zero-order valence-corrected chi connectivity index (χ0v) is 13.2. The number of aryl methyl sites for hydroxylation is 2. The smallest absolute Gasteiger partial charge is 0.0867 e. The molecule has 0 bridgehead atoms. The first kappa shape index (κ1) is 14.0. The normalized spacial score (nSPS) is 20.0. The SMILES string of the molecule is Cc1c2c(nc3ccccc13)CC[C@@](C#N)(c1ccccc1)C2. The Morgan fingerprint density at radius 1 is 1.04 bits per heavy atom. The van der Waals surface area contributed by atoms with Gasteiger partial charge in [0.2, 0.25) is 0 Å². The minimum Gasteiger partial charge on any atom is -0.253 e. The molecule has 0 radical (unpaired) electrons. The number of benzene rings is 2. The van der Waals surface area contributed by atoms with E-state index in [1.54, 1.807) is 0 Å². The number of pyridine rings is 1. The summed E-state index contributed by atoms with van der Waals surface area (Å²) in [6, 6.07) is 21.1. The maximum absolute atomic E-state index is 9.95. The fourth-order valence-electron chi connectivity index (χ4n) is 3.81. The van der Waals surface area contributed by atoms with Crippen LogP contribution >= 0.6 is 0 Å². The van der Waals surface area contributed by atoms with E-state index < -0.39 is 5.41 Å². The number of rotatable bonds is 1. The fraction of sp³-hybridized carbons (Fsp3) is 0.238. The van der Waals surface area contributed by atoms with Gasteiger partial charge in [0.15, 0.2) is 0 Å². The molecule has 0 amide bonds. The lowest BCUT2D eigenvalue weighted by atomic mass is 9.68. The summed E-state index contributed by atoms with van der Waals surface area (Å²) in [6.07, 6.45) is 2.46. The molecular formula is C21H18N2. The van der Waals surface area contributed by atoms with Crippen molar-refractivity contribution in [3.63, 3.8) is 0 Å². The summed E-state index contributed by atoms with van der Waals surface area (Å²) in [6.45, 7) is 2.17. The molecule has 3 aromatic rings. The van der Waals surface area contributed by atoms with Crippen molar-refractivity contribution in [3.05, 3.63) is 77.0 Å². The van der Waals surface area contributed by atoms with Crippen LogP contribution in [0.25, 0.3) is 10.9 Å². The summed E-state index contributed by atoms with van der Waals surface area (Å²) in [5.74, 6) is 0. The van der Waals surface area contributed by atoms with E-state index in [1.165, 1.54) is 22.2 Å². The Kier molecular flexibility index (Phi) is 3.16. The van der Waals surface area contributed by atoms with E-state index in [-0.39, 0.29) is 0 Å². The average Bonchev–Trinajstić information content (AvgIpc) is 2.63. The van der Waals surface area contributed by atoms with E-state index in [2.05, 4.69) is 43.3 Å². The molecule has 112 valence electrons. The van der Waals surface area contributed by atoms with Gasteiger partial charge in [-0.2, -0.15) is 5.26 Å². The fourth-order valence-corrected chi connectivity index (χ4v) is 3.81. The number of nitrogens with zero attached hydrogens (tertiary/aromatic N) is 2. The van der Waals surface area contributed by atoms with Crippen LogP contribution in [0.3, 0.4) is 0 Å². The van der Waals surface area contributed by atoms with Crippen LogP contribution in [-0.2, 0) is 18.3 Å². The highest BCUT2D eigenvalue weighted by molar-refractivity contribution is 5.83. The second-order valence-corrected chi connectivity index (χ2v) is 6.42. The van der Waals surface area contributed by atoms with Gasteiger partial charge in [0.05, 0.1) is 17.0 Å². The van der Waals surface area contributed by atoms with Crippen molar-refractivity contribution in [2.45, 2.75) is 31.6 Å². The highest BCUT2D eigenvalue weighted by Crippen LogP contribution is 2.40. The number of hydrogen-bond donors (Lipinski definition) is 0. The second-order valence-electron chi connectivity index (χ2n) is 6.42. The molecule has 0 fully saturated rings. The summed E-state index contributed by atoms with van der Waals surface area (Å²) in [5.41, 5.74) is 5.47. The molecule has 0 saturated carbocycles. The predicted octanol–water partition coefficient (Wildman–Crippen LogP) is 4.49. The largest absolute Gasteiger partial charge is 0.253 e. The molecule has 23 heavy (non-hydrogen) atoms. The van der Waals surface area contributed by atoms with Crippen LogP contribution in [0, 0.1) is 18.3 Å². The van der Waals surface area contributed by atoms with Gasteiger partial charge in [0.1, 0.15) is 0 Å². The van der Waals surface area contributed by atoms with Crippen LogP contribution in [0.4, 0.5) is 0 Å². The third kappa shape index (κ3) is 2.12. The zero-order valence-electron chi connectivity index (χ0n) is 13.2. The quantitative estimate of drug-likeness (QED) is 0.663. The van der Waals surface area contributed by atoms with E-state index in [4.69, 9.17) is 4.98 Å². The summed E-state index contributed by atoms with van der Waals surface area (Å²) in [7, 11) is 0. The van der Waals surface area contributed by atoms with Crippen molar-refractivity contribution in [1.29, 1.82) is 5.26 Å². The first-order valence-corrected chi connectivity index (χ1v) is 8.07. The zero-order chi connectivity index (χ0) is 15.9. The van der Waals surface area contributed by atoms with Crippen LogP contribution in [0.2, 0.25) is 0 Å². The van der Waals surface area contributed by atoms with E-state index in [0.29, 0.717) is 0 Å². The van der Waals surface area contributed by atoms with Gasteiger partial charge in [0, 0.05) is 11.1 Å². The van der Waals surface area contributed by atoms with Crippen LogP contribution in [0.15, 0.2) is 54.6 Å². The van der Waals surface area contributed by atoms with Gasteiger partial charge < -0.3 is 0 Å². The molecule has 1 aliphatic carbocycles. The Balaban J connectivity index is 1.89. The van der Waals surface area contributed by atoms with E-state index in [1.807, 2.05) is 24.3 Å². The minimum atomic E-state index is -0.427. The number of nitriles is 1. The van der Waals surface area contributed by atoms with Gasteiger partial charge in [-0.1, -0.05) is 48.5 Å². The van der Waals surface area contributed by atoms with Gasteiger partial charge >= 0.3 is 0 Å². The summed E-state index contributed by atoms with van der Waals surface area (Å²) in [5, 5.41) is 11.2. The first-order valence-electron chi connectivity index (χ1n) is 8.07. The Morgan fingerprint density at radius 2 is 1.78 bits per heavy atom. The maximum Gasteiger partial charge on any atom is 0.0867 e. The van der Waals surface area contributed by atoms with Gasteiger partial charge in [-0.3, -0.25) is 4.98 Å². The standard InChI is InChI=1S/C21H18N2/c1-15-17-9-5-6-10-19(17)23-20-11-12-21(14-22,13-18(15)20)16-7-3-2-4-8-16/h2-10H,11-13H2,1H3/t21-/m1/s1. The molecule has 4 rings (SSSR count). The Morgan fingerprint density at radius 3 is 2.57 bits per heavy atom. The number of fused-ring (bicyclic) bond motifs is 2. The molecule has 0 saturated heterocycles. The molecule has 2 heteroatoms. The predicted molar refractivity (Wildman–Crippen MR) is 92.2 cm³/mol. The van der Waals surface area contributed by atoms with Crippen LogP contribution < -0.4 is 0 Å². The highest BCUT2D eigenvalue weighted by Gasteiger charge is 2.37. The third-order valence-electron chi connectivity index (χ3n) is 5.17. The maximum atomic E-state index is 9.95. The Labute approximate surface area is 136 Å². The molecule has 0 spiro atoms. The molecule has 1 aliphatic rings. The van der Waals surface area contributed by atoms with Crippen molar-refractivity contribution < 1.29 is 0 Å². The molecule has 1 aromatic heterocycles. The Hall–Kier alpha value is -2.66. The van der Waals surface area contributed by atoms with Crippen molar-refractivity contribution >= 4 is 10.9 Å². The molecule has 1 heterocycles. The topological polar surface area (TPSA) is 36.7 Å². The molecule has 0 N–H and O–H groups in total. The average molecular weight is 298 g/mol. The van der Waals surface area contributed by atoms with Crippen molar-refractivity contribution in [1.82, 2.24) is 4.98 Å². The lowest BCUT2D eigenvalue weighted by molar-refractivity contribution is 0.466. The number of para-hydroxylation sites is 1. The summed E-state index contributed by atoms with van der Waals surface area (Å²) >= 11 is 0. The van der Waals surface area contributed by atoms with E-state index in [0.717, 1.165) is 30.3 Å². The molecule has 2 aromatic carbocycles. The van der Waals surface area contributed by atoms with Crippen molar-refractivity contribution in [2.24, 2.45) is 0 Å². The third-order valence-corrected chi connectivity index (χ3v) is 5.17. The molecule has 1 atom stereocenters. The van der Waals surface area contributed by atoms with Gasteiger partial charge in [0.25, 0.3) is 0 Å². The molecular weight excluding hydrogens is 280 g/mol. The van der Waals surface area contributed by atoms with Crippen LogP contribution in [-0.4, -0.2) is 4.98 Å². The Bertz CT molecular complexity index is 922. The van der Waals surface area contributed by atoms with Gasteiger partial charge in [-0.05, 0) is 48.9 Å². The molecule has 0 aliphatic heterocycles. The number of aromatic nitrogens is 1. The first-order chi connectivity index (χ1) is 11.2. The van der Waals surface area contributed by atoms with Gasteiger partial charge in [-0.25, -0.2) is 0 Å². The van der Waals surface area contributed by atoms with E-state index >= 15 is 0 Å². The van der Waals surface area contributed by atoms with Crippen LogP contribution in [0.1, 0.15) is 28.8 Å². The minimum absolute atomic E-state index is 0.427. The van der Waals surface area contributed by atoms with Crippen molar-refractivity contribution in [2.75, 3.05) is 0 Å². The number of hydrogen-bond acceptors (Lipinski definition) is 2. The van der Waals surface area contributed by atoms with Crippen molar-refractivity contribution in [3.8, 4) is 6.07 Å². The molecule has 2 nitrogen and oxygen atoms in total. The van der Waals surface area contributed by atoms with Gasteiger partial charge in [-0.15, -0.1) is 0 Å². The second kappa shape index (κ2) is 5.21. The van der Waals surface area contributed by atoms with E-state index in [9.17, 15) is 5.26 Å². The van der Waals surface area contributed by atoms with Crippen LogP contribution in [0.5, 0.6) is 0 Å². The highest BCUT2D eigenvalue weighted by atomic mass is 14.7. The lowest BCUT2D eigenvalue weighted by Gasteiger charge is -2.33. The summed E-state index contributed by atoms with van der Waals surface area (Å²) in [4.78, 5) is 4.86. The monoisotopic (exact) mass is 298 g/mol. The summed E-state index contributed by atoms with van der Waals surface area (Å²) < 4.78 is 0. The lowest BCUT2D eigenvalue weighted by Crippen LogP contribution is -2.33.